The summed E-state index contributed by atoms with van der Waals surface area (Å²) in [7, 11) is 0. The fourth-order valence-electron chi connectivity index (χ4n) is 4.63. The number of nitrogens with zero attached hydrogens (tertiary/aromatic N) is 3. The van der Waals surface area contributed by atoms with Crippen LogP contribution in [0.2, 0.25) is 0 Å². The highest BCUT2D eigenvalue weighted by Gasteiger charge is 2.40. The molecular weight excluding hydrogens is 532 g/mol. The fourth-order valence-corrected chi connectivity index (χ4v) is 4.63. The number of fused-ring (bicyclic) bond motifs is 4. The molecular formula is C28H24F4N4O4. The van der Waals surface area contributed by atoms with Crippen LogP contribution in [-0.4, -0.2) is 46.8 Å². The van der Waals surface area contributed by atoms with Gasteiger partial charge in [-0.3, -0.25) is 24.1 Å². The van der Waals surface area contributed by atoms with Gasteiger partial charge in [0, 0.05) is 36.5 Å². The highest BCUT2D eigenvalue weighted by molar-refractivity contribution is 5.99. The predicted molar refractivity (Wildman–Crippen MR) is 137 cm³/mol. The van der Waals surface area contributed by atoms with Gasteiger partial charge >= 0.3 is 0 Å². The molecule has 8 nitrogen and oxygen atoms in total. The van der Waals surface area contributed by atoms with Gasteiger partial charge in [-0.2, -0.15) is 0 Å². The van der Waals surface area contributed by atoms with Crippen molar-refractivity contribution in [2.75, 3.05) is 18.4 Å². The fraction of sp³-hybridized carbons (Fsp3) is 0.250. The summed E-state index contributed by atoms with van der Waals surface area (Å²) >= 11 is 0. The van der Waals surface area contributed by atoms with E-state index >= 15 is 0 Å². The highest BCUT2D eigenvalue weighted by Crippen LogP contribution is 2.28. The molecule has 2 bridgehead atoms. The van der Waals surface area contributed by atoms with Crippen molar-refractivity contribution in [2.45, 2.75) is 32.2 Å². The molecule has 0 spiro atoms. The lowest BCUT2D eigenvalue weighted by Crippen LogP contribution is -2.58. The number of amides is 2. The maximum atomic E-state index is 14.1. The monoisotopic (exact) mass is 556 g/mol. The van der Waals surface area contributed by atoms with Gasteiger partial charge in [0.05, 0.1) is 6.04 Å². The number of ether oxygens (including phenoxy) is 1. The standard InChI is InChI=1S/C28H24F4N4O4/c1-16-7-8-19(11-29)36-15-34(16)28(39)24-26(40-14-17-5-3-2-4-6-17)25(37)21(13-35(24)36)27(38)33-12-20-22(31)9-18(30)10-23(20)32/h2-10,13,16,19H,11-12,14-15H2,1H3,(H,33,38)/t16-,19+/m0/s1. The first-order chi connectivity index (χ1) is 19.2. The minimum Gasteiger partial charge on any atom is -0.482 e. The third-order valence-electron chi connectivity index (χ3n) is 6.83. The lowest BCUT2D eigenvalue weighted by Gasteiger charge is -2.42. The maximum absolute atomic E-state index is 14.1. The Morgan fingerprint density at radius 3 is 2.45 bits per heavy atom. The average molecular weight is 557 g/mol. The molecule has 3 heterocycles. The van der Waals surface area contributed by atoms with Crippen LogP contribution in [0, 0.1) is 17.5 Å². The van der Waals surface area contributed by atoms with Crippen LogP contribution in [0.4, 0.5) is 17.6 Å². The molecule has 1 N–H and O–H groups in total. The molecule has 0 unspecified atom stereocenters. The van der Waals surface area contributed by atoms with E-state index in [1.54, 1.807) is 49.4 Å². The van der Waals surface area contributed by atoms with Crippen LogP contribution in [0.15, 0.2) is 65.6 Å². The Balaban J connectivity index is 1.58. The summed E-state index contributed by atoms with van der Waals surface area (Å²) in [5, 5.41) is 3.74. The molecule has 0 radical (unpaired) electrons. The van der Waals surface area contributed by atoms with Crippen LogP contribution < -0.4 is 20.5 Å². The summed E-state index contributed by atoms with van der Waals surface area (Å²) in [6, 6.07) is 8.48. The van der Waals surface area contributed by atoms with Gasteiger partial charge in [-0.05, 0) is 12.5 Å². The summed E-state index contributed by atoms with van der Waals surface area (Å²) in [5.74, 6) is -5.57. The first-order valence-electron chi connectivity index (χ1n) is 12.4. The molecule has 2 amide bonds. The molecule has 0 saturated heterocycles. The van der Waals surface area contributed by atoms with Crippen molar-refractivity contribution in [3.8, 4) is 5.75 Å². The van der Waals surface area contributed by atoms with E-state index in [0.717, 1.165) is 6.20 Å². The van der Waals surface area contributed by atoms with Crippen molar-refractivity contribution in [2.24, 2.45) is 0 Å². The van der Waals surface area contributed by atoms with Gasteiger partial charge in [-0.25, -0.2) is 17.6 Å². The second kappa shape index (κ2) is 10.9. The van der Waals surface area contributed by atoms with Crippen LogP contribution in [0.3, 0.4) is 0 Å². The van der Waals surface area contributed by atoms with Gasteiger partial charge in [-0.1, -0.05) is 42.5 Å². The van der Waals surface area contributed by atoms with Gasteiger partial charge in [0.1, 0.15) is 43.0 Å². The van der Waals surface area contributed by atoms with Crippen LogP contribution >= 0.6 is 0 Å². The minimum absolute atomic E-state index is 0.0390. The quantitative estimate of drug-likeness (QED) is 0.356. The summed E-state index contributed by atoms with van der Waals surface area (Å²) < 4.78 is 62.7. The zero-order valence-electron chi connectivity index (χ0n) is 21.2. The van der Waals surface area contributed by atoms with Gasteiger partial charge < -0.3 is 15.0 Å². The summed E-state index contributed by atoms with van der Waals surface area (Å²) in [6.45, 7) is 0.0705. The number of pyridine rings is 1. The van der Waals surface area contributed by atoms with Gasteiger partial charge in [0.2, 0.25) is 5.43 Å². The normalized spacial score (nSPS) is 17.9. The number of aromatic nitrogens is 1. The van der Waals surface area contributed by atoms with Crippen molar-refractivity contribution in [3.05, 3.63) is 111 Å². The minimum atomic E-state index is -1.21. The third-order valence-corrected chi connectivity index (χ3v) is 6.83. The Morgan fingerprint density at radius 1 is 1.07 bits per heavy atom. The molecule has 2 aliphatic heterocycles. The van der Waals surface area contributed by atoms with E-state index < -0.39 is 76.9 Å². The Hall–Kier alpha value is -4.61. The molecule has 0 saturated carbocycles. The molecule has 12 heteroatoms. The third kappa shape index (κ3) is 4.92. The van der Waals surface area contributed by atoms with E-state index in [0.29, 0.717) is 17.7 Å². The number of hydrogen-bond acceptors (Lipinski definition) is 5. The molecule has 3 aromatic rings. The van der Waals surface area contributed by atoms with Crippen LogP contribution in [0.1, 0.15) is 38.9 Å². The number of carbonyl (C=O) groups is 2. The lowest BCUT2D eigenvalue weighted by molar-refractivity contribution is 0.0645. The first kappa shape index (κ1) is 27.0. The second-order valence-corrected chi connectivity index (χ2v) is 9.40. The SMILES string of the molecule is C[C@H]1C=C[C@H](CF)N2CN1C(=O)c1c(OCc3ccccc3)c(=O)c(C(=O)NCc3c(F)cc(F)cc3F)cn12. The number of alkyl halides is 1. The summed E-state index contributed by atoms with van der Waals surface area (Å²) in [6.07, 6.45) is 4.35. The smallest absolute Gasteiger partial charge is 0.278 e. The molecule has 2 atom stereocenters. The van der Waals surface area contributed by atoms with E-state index in [2.05, 4.69) is 5.32 Å². The average Bonchev–Trinajstić information content (AvgIpc) is 3.07. The van der Waals surface area contributed by atoms with Crippen molar-refractivity contribution in [1.29, 1.82) is 0 Å². The summed E-state index contributed by atoms with van der Waals surface area (Å²) in [5.41, 5.74) is -1.56. The molecule has 2 aliphatic rings. The first-order valence-corrected chi connectivity index (χ1v) is 12.4. The Labute approximate surface area is 226 Å². The molecule has 208 valence electrons. The zero-order chi connectivity index (χ0) is 28.6. The number of rotatable bonds is 7. The number of nitrogens with one attached hydrogen (secondary N) is 1. The van der Waals surface area contributed by atoms with E-state index in [-0.39, 0.29) is 19.0 Å². The number of benzene rings is 2. The maximum Gasteiger partial charge on any atom is 0.278 e. The van der Waals surface area contributed by atoms with E-state index in [1.807, 2.05) is 0 Å². The van der Waals surface area contributed by atoms with E-state index in [9.17, 15) is 31.9 Å². The number of halogens is 4. The predicted octanol–water partition coefficient (Wildman–Crippen LogP) is 3.42. The van der Waals surface area contributed by atoms with Crippen molar-refractivity contribution >= 4 is 11.8 Å². The van der Waals surface area contributed by atoms with Crippen molar-refractivity contribution < 1.29 is 31.9 Å². The second-order valence-electron chi connectivity index (χ2n) is 9.40. The lowest BCUT2D eigenvalue weighted by atomic mass is 10.1. The Bertz CT molecular complexity index is 1540. The van der Waals surface area contributed by atoms with E-state index in [1.165, 1.54) is 14.6 Å². The van der Waals surface area contributed by atoms with Crippen LogP contribution in [0.25, 0.3) is 0 Å². The molecule has 5 rings (SSSR count). The van der Waals surface area contributed by atoms with Crippen LogP contribution in [-0.2, 0) is 13.2 Å². The molecule has 2 aromatic carbocycles. The van der Waals surface area contributed by atoms with Crippen molar-refractivity contribution in [1.82, 2.24) is 14.9 Å². The highest BCUT2D eigenvalue weighted by atomic mass is 19.1. The van der Waals surface area contributed by atoms with Crippen LogP contribution in [0.5, 0.6) is 5.75 Å². The van der Waals surface area contributed by atoms with Gasteiger partial charge in [0.15, 0.2) is 11.4 Å². The largest absolute Gasteiger partial charge is 0.482 e. The Kier molecular flexibility index (Phi) is 7.33. The number of carbonyl (C=O) groups excluding carboxylic acids is 2. The van der Waals surface area contributed by atoms with E-state index in [4.69, 9.17) is 4.74 Å². The van der Waals surface area contributed by atoms with Gasteiger partial charge in [0.25, 0.3) is 11.8 Å². The Morgan fingerprint density at radius 2 is 1.77 bits per heavy atom. The molecule has 40 heavy (non-hydrogen) atoms. The number of hydrogen-bond donors (Lipinski definition) is 1. The van der Waals surface area contributed by atoms with Gasteiger partial charge in [-0.15, -0.1) is 0 Å². The zero-order valence-corrected chi connectivity index (χ0v) is 21.2. The summed E-state index contributed by atoms with van der Waals surface area (Å²) in [4.78, 5) is 41.8. The molecule has 0 fully saturated rings. The molecule has 0 aliphatic carbocycles. The topological polar surface area (TPSA) is 83.9 Å². The van der Waals surface area contributed by atoms with Crippen molar-refractivity contribution in [3.63, 3.8) is 0 Å². The molecule has 1 aromatic heterocycles.